The van der Waals surface area contributed by atoms with Crippen LogP contribution in [0, 0.1) is 0 Å². The lowest BCUT2D eigenvalue weighted by Gasteiger charge is -2.09. The van der Waals surface area contributed by atoms with E-state index in [1.165, 1.54) is 13.2 Å². The van der Waals surface area contributed by atoms with Crippen LogP contribution in [0.4, 0.5) is 0 Å². The third kappa shape index (κ3) is 2.29. The van der Waals surface area contributed by atoms with Gasteiger partial charge < -0.3 is 4.74 Å². The van der Waals surface area contributed by atoms with E-state index in [4.69, 9.17) is 9.88 Å². The summed E-state index contributed by atoms with van der Waals surface area (Å²) in [7, 11) is -2.40. The molecule has 6 nitrogen and oxygen atoms in total. The Labute approximate surface area is 98.7 Å². The number of nitrogens with zero attached hydrogens (tertiary/aromatic N) is 2. The highest BCUT2D eigenvalue weighted by atomic mass is 32.2. The average Bonchev–Trinajstić information content (AvgIpc) is 2.80. The summed E-state index contributed by atoms with van der Waals surface area (Å²) >= 11 is 0. The Balaban J connectivity index is 2.56. The molecule has 7 heteroatoms. The van der Waals surface area contributed by atoms with E-state index < -0.39 is 10.0 Å². The molecule has 2 N–H and O–H groups in total. The molecule has 2 aromatic rings. The van der Waals surface area contributed by atoms with Crippen molar-refractivity contribution in [2.24, 2.45) is 5.14 Å². The van der Waals surface area contributed by atoms with Crippen molar-refractivity contribution in [2.75, 3.05) is 7.11 Å². The lowest BCUT2D eigenvalue weighted by atomic mass is 10.3. The van der Waals surface area contributed by atoms with Gasteiger partial charge in [-0.25, -0.2) is 18.2 Å². The van der Waals surface area contributed by atoms with Crippen molar-refractivity contribution < 1.29 is 13.2 Å². The number of sulfonamides is 1. The van der Waals surface area contributed by atoms with E-state index in [0.29, 0.717) is 5.69 Å². The Morgan fingerprint density at radius 1 is 1.41 bits per heavy atom. The van der Waals surface area contributed by atoms with Gasteiger partial charge in [-0.3, -0.25) is 0 Å². The van der Waals surface area contributed by atoms with E-state index in [1.54, 1.807) is 35.3 Å². The van der Waals surface area contributed by atoms with Gasteiger partial charge in [-0.15, -0.1) is 0 Å². The van der Waals surface area contributed by atoms with Gasteiger partial charge in [0.2, 0.25) is 10.0 Å². The van der Waals surface area contributed by atoms with Crippen LogP contribution in [0.2, 0.25) is 0 Å². The highest BCUT2D eigenvalue weighted by Gasteiger charge is 2.15. The number of nitrogens with two attached hydrogens (primary N) is 1. The molecule has 0 bridgehead atoms. The molecule has 0 fully saturated rings. The second-order valence-electron chi connectivity index (χ2n) is 3.33. The predicted molar refractivity (Wildman–Crippen MR) is 61.5 cm³/mol. The van der Waals surface area contributed by atoms with Gasteiger partial charge >= 0.3 is 0 Å². The van der Waals surface area contributed by atoms with Crippen LogP contribution in [0.3, 0.4) is 0 Å². The first kappa shape index (κ1) is 11.6. The van der Waals surface area contributed by atoms with Crippen molar-refractivity contribution in [3.63, 3.8) is 0 Å². The van der Waals surface area contributed by atoms with Crippen LogP contribution in [-0.4, -0.2) is 25.3 Å². The van der Waals surface area contributed by atoms with E-state index in [9.17, 15) is 8.42 Å². The van der Waals surface area contributed by atoms with Crippen molar-refractivity contribution in [3.05, 3.63) is 36.7 Å². The van der Waals surface area contributed by atoms with E-state index in [1.807, 2.05) is 0 Å². The minimum absolute atomic E-state index is 0.0455. The maximum atomic E-state index is 11.3. The SMILES string of the molecule is COc1cc(-n2cccn2)ccc1S(N)(=O)=O. The predicted octanol–water partition coefficient (Wildman–Crippen LogP) is 0.528. The maximum absolute atomic E-state index is 11.3. The number of hydrogen-bond donors (Lipinski definition) is 1. The zero-order valence-corrected chi connectivity index (χ0v) is 9.89. The number of ether oxygens (including phenoxy) is 1. The molecule has 90 valence electrons. The molecule has 1 heterocycles. The molecule has 0 saturated heterocycles. The summed E-state index contributed by atoms with van der Waals surface area (Å²) in [5.74, 6) is 0.195. The molecule has 1 aromatic heterocycles. The zero-order valence-electron chi connectivity index (χ0n) is 9.07. The highest BCUT2D eigenvalue weighted by molar-refractivity contribution is 7.89. The molecule has 0 aliphatic heterocycles. The Morgan fingerprint density at radius 3 is 2.71 bits per heavy atom. The Hall–Kier alpha value is -1.86. The van der Waals surface area contributed by atoms with Gasteiger partial charge in [-0.1, -0.05) is 0 Å². The second-order valence-corrected chi connectivity index (χ2v) is 4.86. The maximum Gasteiger partial charge on any atom is 0.241 e. The summed E-state index contributed by atoms with van der Waals surface area (Å²) in [4.78, 5) is -0.0455. The van der Waals surface area contributed by atoms with Crippen molar-refractivity contribution in [2.45, 2.75) is 4.90 Å². The van der Waals surface area contributed by atoms with Gasteiger partial charge in [-0.2, -0.15) is 5.10 Å². The number of aromatic nitrogens is 2. The van der Waals surface area contributed by atoms with Crippen LogP contribution >= 0.6 is 0 Å². The monoisotopic (exact) mass is 253 g/mol. The zero-order chi connectivity index (χ0) is 12.5. The summed E-state index contributed by atoms with van der Waals surface area (Å²) in [5.41, 5.74) is 0.694. The Kier molecular flexibility index (Phi) is 2.86. The summed E-state index contributed by atoms with van der Waals surface area (Å²) in [6.45, 7) is 0. The van der Waals surface area contributed by atoms with Crippen molar-refractivity contribution >= 4 is 10.0 Å². The Morgan fingerprint density at radius 2 is 2.18 bits per heavy atom. The van der Waals surface area contributed by atoms with Gasteiger partial charge in [0, 0.05) is 18.5 Å². The summed E-state index contributed by atoms with van der Waals surface area (Å²) in [6, 6.07) is 6.33. The van der Waals surface area contributed by atoms with Crippen molar-refractivity contribution in [3.8, 4) is 11.4 Å². The first-order chi connectivity index (χ1) is 8.02. The molecular weight excluding hydrogens is 242 g/mol. The van der Waals surface area contributed by atoms with Gasteiger partial charge in [0.25, 0.3) is 0 Å². The van der Waals surface area contributed by atoms with E-state index in [0.717, 1.165) is 0 Å². The molecule has 0 aliphatic carbocycles. The Bertz CT molecular complexity index is 620. The van der Waals surface area contributed by atoms with Gasteiger partial charge in [0.1, 0.15) is 10.6 Å². The molecule has 0 spiro atoms. The van der Waals surface area contributed by atoms with Crippen LogP contribution in [0.15, 0.2) is 41.6 Å². The third-order valence-corrected chi connectivity index (χ3v) is 3.17. The minimum atomic E-state index is -3.79. The largest absolute Gasteiger partial charge is 0.495 e. The van der Waals surface area contributed by atoms with Gasteiger partial charge in [0.15, 0.2) is 0 Å². The van der Waals surface area contributed by atoms with E-state index in [-0.39, 0.29) is 10.6 Å². The number of rotatable bonds is 3. The van der Waals surface area contributed by atoms with E-state index in [2.05, 4.69) is 5.10 Å². The topological polar surface area (TPSA) is 87.2 Å². The molecule has 17 heavy (non-hydrogen) atoms. The second kappa shape index (κ2) is 4.19. The summed E-state index contributed by atoms with van der Waals surface area (Å²) in [6.07, 6.45) is 3.37. The molecule has 0 unspecified atom stereocenters. The number of primary sulfonamides is 1. The van der Waals surface area contributed by atoms with Gasteiger partial charge in [-0.05, 0) is 18.2 Å². The molecular formula is C10H11N3O3S. The number of hydrogen-bond acceptors (Lipinski definition) is 4. The highest BCUT2D eigenvalue weighted by Crippen LogP contribution is 2.25. The minimum Gasteiger partial charge on any atom is -0.495 e. The summed E-state index contributed by atoms with van der Waals surface area (Å²) < 4.78 is 29.2. The number of benzene rings is 1. The molecule has 1 aromatic carbocycles. The first-order valence-corrected chi connectivity index (χ1v) is 6.28. The first-order valence-electron chi connectivity index (χ1n) is 4.73. The quantitative estimate of drug-likeness (QED) is 0.864. The average molecular weight is 253 g/mol. The van der Waals surface area contributed by atoms with Crippen molar-refractivity contribution in [1.29, 1.82) is 0 Å². The molecule has 0 saturated carbocycles. The van der Waals surface area contributed by atoms with Crippen LogP contribution in [0.1, 0.15) is 0 Å². The standard InChI is InChI=1S/C10H11N3O3S/c1-16-9-7-8(13-6-2-5-12-13)3-4-10(9)17(11,14)15/h2-7H,1H3,(H2,11,14,15). The van der Waals surface area contributed by atoms with E-state index >= 15 is 0 Å². The molecule has 0 radical (unpaired) electrons. The van der Waals surface area contributed by atoms with Crippen molar-refractivity contribution in [1.82, 2.24) is 9.78 Å². The fourth-order valence-electron chi connectivity index (χ4n) is 1.46. The van der Waals surface area contributed by atoms with Crippen LogP contribution in [-0.2, 0) is 10.0 Å². The van der Waals surface area contributed by atoms with Crippen LogP contribution in [0.5, 0.6) is 5.75 Å². The molecule has 0 atom stereocenters. The molecule has 0 amide bonds. The lowest BCUT2D eigenvalue weighted by molar-refractivity contribution is 0.402. The normalized spacial score (nSPS) is 11.4. The molecule has 0 aliphatic rings. The van der Waals surface area contributed by atoms with Crippen LogP contribution in [0.25, 0.3) is 5.69 Å². The fourth-order valence-corrected chi connectivity index (χ4v) is 2.14. The smallest absolute Gasteiger partial charge is 0.241 e. The molecule has 2 rings (SSSR count). The third-order valence-electron chi connectivity index (χ3n) is 2.22. The lowest BCUT2D eigenvalue weighted by Crippen LogP contribution is -2.13. The van der Waals surface area contributed by atoms with Gasteiger partial charge in [0.05, 0.1) is 12.8 Å². The summed E-state index contributed by atoms with van der Waals surface area (Å²) in [5, 5.41) is 9.11. The fraction of sp³-hybridized carbons (Fsp3) is 0.100. The van der Waals surface area contributed by atoms with Crippen LogP contribution < -0.4 is 9.88 Å². The number of methoxy groups -OCH3 is 1.